The van der Waals surface area contributed by atoms with Gasteiger partial charge in [-0.1, -0.05) is 44.2 Å². The summed E-state index contributed by atoms with van der Waals surface area (Å²) in [5.74, 6) is -7.38. The number of ether oxygens (including phenoxy) is 1. The number of hydrogen-bond acceptors (Lipinski definition) is 9. The fourth-order valence-electron chi connectivity index (χ4n) is 4.98. The fourth-order valence-corrected chi connectivity index (χ4v) is 4.98. The van der Waals surface area contributed by atoms with Crippen molar-refractivity contribution in [2.75, 3.05) is 6.61 Å². The van der Waals surface area contributed by atoms with Crippen LogP contribution in [0.3, 0.4) is 0 Å². The Morgan fingerprint density at radius 2 is 1.49 bits per heavy atom. The number of carbonyl (C=O) groups excluding carboxylic acids is 6. The maximum Gasteiger partial charge on any atom is 0.339 e. The van der Waals surface area contributed by atoms with Crippen LogP contribution in [0.5, 0.6) is 5.75 Å². The van der Waals surface area contributed by atoms with Crippen LogP contribution in [0.2, 0.25) is 0 Å². The van der Waals surface area contributed by atoms with Crippen LogP contribution < -0.4 is 16.4 Å². The third-order valence-corrected chi connectivity index (χ3v) is 7.49. The normalized spacial score (nSPS) is 13.4. The number of phenols is 1. The number of amides is 4. The molecule has 0 saturated heterocycles. The Labute approximate surface area is 272 Å². The van der Waals surface area contributed by atoms with Gasteiger partial charge in [0.25, 0.3) is 0 Å². The largest absolute Gasteiger partial charge is 0.508 e. The minimum absolute atomic E-state index is 0.00562. The lowest BCUT2D eigenvalue weighted by molar-refractivity contribution is -0.153. The predicted molar refractivity (Wildman–Crippen MR) is 169 cm³/mol. The molecular weight excluding hydrogens is 612 g/mol. The molecule has 47 heavy (non-hydrogen) atoms. The predicted octanol–water partition coefficient (Wildman–Crippen LogP) is 1.17. The second-order valence-corrected chi connectivity index (χ2v) is 11.6. The number of phenolic OH excluding ortho intramolecular Hbond substituents is 1. The molecule has 0 heterocycles. The molecule has 0 radical (unpaired) electrons. The lowest BCUT2D eigenvalue weighted by atomic mass is 9.97. The number of carboxylic acid groups (broad SMARTS) is 1. The van der Waals surface area contributed by atoms with E-state index >= 15 is 0 Å². The van der Waals surface area contributed by atoms with E-state index in [1.165, 1.54) is 26.0 Å². The van der Waals surface area contributed by atoms with Crippen LogP contribution in [-0.2, 0) is 39.9 Å². The number of nitrogens with zero attached hydrogens (tertiary/aromatic N) is 1. The van der Waals surface area contributed by atoms with Gasteiger partial charge in [-0.25, -0.2) is 4.79 Å². The molecular formula is C33H42N4O10. The van der Waals surface area contributed by atoms with Crippen molar-refractivity contribution in [3.05, 3.63) is 64.7 Å². The van der Waals surface area contributed by atoms with Gasteiger partial charge < -0.3 is 36.2 Å². The van der Waals surface area contributed by atoms with Crippen LogP contribution >= 0.6 is 0 Å². The van der Waals surface area contributed by atoms with E-state index in [0.717, 1.165) is 0 Å². The number of carboxylic acids is 1. The summed E-state index contributed by atoms with van der Waals surface area (Å²) >= 11 is 0. The number of benzene rings is 2. The molecule has 0 fully saturated rings. The van der Waals surface area contributed by atoms with Crippen molar-refractivity contribution in [1.29, 1.82) is 0 Å². The highest BCUT2D eigenvalue weighted by atomic mass is 16.5. The third kappa shape index (κ3) is 10.7. The Balaban J connectivity index is 2.43. The summed E-state index contributed by atoms with van der Waals surface area (Å²) in [5.41, 5.74) is 7.49. The highest BCUT2D eigenvalue weighted by Gasteiger charge is 2.42. The van der Waals surface area contributed by atoms with Crippen LogP contribution in [0.4, 0.5) is 0 Å². The van der Waals surface area contributed by atoms with E-state index in [0.29, 0.717) is 21.6 Å². The SMILES string of the molecule is CC(=O)N[C@@H](Cc1ccc(O)cc1)C(=O)N[C@H](C(=O)N([C@@H](C)C(N)=O)[C@@H](CC(=O)O)C(=O)COC(=O)c1c(C)cccc1C)C(C)C. The van der Waals surface area contributed by atoms with Crippen molar-refractivity contribution >= 4 is 41.4 Å². The van der Waals surface area contributed by atoms with Gasteiger partial charge in [-0.2, -0.15) is 0 Å². The monoisotopic (exact) mass is 654 g/mol. The van der Waals surface area contributed by atoms with Crippen molar-refractivity contribution in [2.24, 2.45) is 11.7 Å². The second kappa shape index (κ2) is 16.9. The quantitative estimate of drug-likeness (QED) is 0.163. The molecule has 0 aliphatic carbocycles. The minimum atomic E-state index is -1.81. The molecule has 0 aliphatic rings. The summed E-state index contributed by atoms with van der Waals surface area (Å²) < 4.78 is 5.23. The lowest BCUT2D eigenvalue weighted by Crippen LogP contribution is -2.62. The molecule has 14 nitrogen and oxygen atoms in total. The average molecular weight is 655 g/mol. The maximum atomic E-state index is 14.1. The van der Waals surface area contributed by atoms with Gasteiger partial charge in [0.15, 0.2) is 12.4 Å². The molecule has 0 unspecified atom stereocenters. The van der Waals surface area contributed by atoms with E-state index in [1.54, 1.807) is 58.0 Å². The molecule has 4 atom stereocenters. The standard InChI is InChI=1S/C33H42N4O10/c1-17(2)29(36-31(44)24(35-21(6)38)14-22-10-12-23(39)13-11-22)32(45)37(20(5)30(34)43)25(15-27(41)42)26(40)16-47-33(46)28-18(3)8-7-9-19(28)4/h7-13,17,20,24-25,29,39H,14-16H2,1-6H3,(H2,34,43)(H,35,38)(H,36,44)(H,41,42)/t20-,24-,25-,29-/m0/s1. The second-order valence-electron chi connectivity index (χ2n) is 11.6. The molecule has 2 rings (SSSR count). The van der Waals surface area contributed by atoms with E-state index in [9.17, 15) is 43.8 Å². The van der Waals surface area contributed by atoms with Gasteiger partial charge in [0.05, 0.1) is 12.0 Å². The summed E-state index contributed by atoms with van der Waals surface area (Å²) in [4.78, 5) is 90.9. The molecule has 0 bridgehead atoms. The Morgan fingerprint density at radius 3 is 1.98 bits per heavy atom. The van der Waals surface area contributed by atoms with E-state index < -0.39 is 84.5 Å². The highest BCUT2D eigenvalue weighted by Crippen LogP contribution is 2.19. The molecule has 254 valence electrons. The number of nitrogens with two attached hydrogens (primary N) is 1. The number of hydrogen-bond donors (Lipinski definition) is 5. The Kier molecular flexibility index (Phi) is 13.6. The number of primary amides is 1. The number of carbonyl (C=O) groups is 7. The summed E-state index contributed by atoms with van der Waals surface area (Å²) in [6, 6.07) is 5.07. The zero-order valence-corrected chi connectivity index (χ0v) is 27.2. The summed E-state index contributed by atoms with van der Waals surface area (Å²) in [7, 11) is 0. The van der Waals surface area contributed by atoms with Crippen LogP contribution in [-0.4, -0.2) is 87.2 Å². The van der Waals surface area contributed by atoms with Gasteiger partial charge in [0.2, 0.25) is 23.6 Å². The molecule has 6 N–H and O–H groups in total. The number of aliphatic carboxylic acids is 1. The van der Waals surface area contributed by atoms with E-state index in [1.807, 2.05) is 0 Å². The van der Waals surface area contributed by atoms with Crippen LogP contribution in [0, 0.1) is 19.8 Å². The zero-order chi connectivity index (χ0) is 35.6. The third-order valence-electron chi connectivity index (χ3n) is 7.49. The topological polar surface area (TPSA) is 222 Å². The first-order valence-corrected chi connectivity index (χ1v) is 14.9. The van der Waals surface area contributed by atoms with Gasteiger partial charge >= 0.3 is 11.9 Å². The van der Waals surface area contributed by atoms with Gasteiger partial charge in [0.1, 0.15) is 29.9 Å². The number of aromatic hydroxyl groups is 1. The molecule has 0 saturated carbocycles. The Hall–Kier alpha value is -5.27. The number of esters is 1. The van der Waals surface area contributed by atoms with Gasteiger partial charge in [-0.05, 0) is 55.5 Å². The van der Waals surface area contributed by atoms with Crippen molar-refractivity contribution in [2.45, 2.75) is 78.6 Å². The maximum absolute atomic E-state index is 14.1. The lowest BCUT2D eigenvalue weighted by Gasteiger charge is -2.37. The average Bonchev–Trinajstić information content (AvgIpc) is 2.97. The molecule has 2 aromatic carbocycles. The van der Waals surface area contributed by atoms with E-state index in [2.05, 4.69) is 10.6 Å². The minimum Gasteiger partial charge on any atom is -0.508 e. The number of aryl methyl sites for hydroxylation is 2. The van der Waals surface area contributed by atoms with Gasteiger partial charge in [-0.15, -0.1) is 0 Å². The number of rotatable bonds is 16. The fraction of sp³-hybridized carbons (Fsp3) is 0.424. The number of nitrogens with one attached hydrogen (secondary N) is 2. The number of Topliss-reactive ketones (excluding diaryl/α,β-unsaturated/α-hetero) is 1. The summed E-state index contributed by atoms with van der Waals surface area (Å²) in [6.07, 6.45) is -0.977. The van der Waals surface area contributed by atoms with Crippen molar-refractivity contribution in [3.63, 3.8) is 0 Å². The molecule has 2 aromatic rings. The smallest absolute Gasteiger partial charge is 0.339 e. The van der Waals surface area contributed by atoms with Gasteiger partial charge in [0, 0.05) is 13.3 Å². The summed E-state index contributed by atoms with van der Waals surface area (Å²) in [6.45, 7) is 7.98. The molecule has 0 aliphatic heterocycles. The van der Waals surface area contributed by atoms with Crippen molar-refractivity contribution < 1.29 is 48.5 Å². The molecule has 14 heteroatoms. The van der Waals surface area contributed by atoms with Gasteiger partial charge in [-0.3, -0.25) is 28.8 Å². The van der Waals surface area contributed by atoms with E-state index in [4.69, 9.17) is 10.5 Å². The highest BCUT2D eigenvalue weighted by molar-refractivity contribution is 6.00. The molecule has 0 aromatic heterocycles. The van der Waals surface area contributed by atoms with Crippen LogP contribution in [0.1, 0.15) is 61.2 Å². The van der Waals surface area contributed by atoms with Crippen LogP contribution in [0.25, 0.3) is 0 Å². The zero-order valence-electron chi connectivity index (χ0n) is 27.2. The van der Waals surface area contributed by atoms with Crippen molar-refractivity contribution in [3.8, 4) is 5.75 Å². The molecule has 0 spiro atoms. The first-order valence-electron chi connectivity index (χ1n) is 14.9. The Bertz CT molecular complexity index is 1480. The molecule has 4 amide bonds. The first-order chi connectivity index (χ1) is 21.9. The summed E-state index contributed by atoms with van der Waals surface area (Å²) in [5, 5.41) is 24.4. The Morgan fingerprint density at radius 1 is 0.915 bits per heavy atom. The van der Waals surface area contributed by atoms with Crippen molar-refractivity contribution in [1.82, 2.24) is 15.5 Å². The van der Waals surface area contributed by atoms with Crippen LogP contribution in [0.15, 0.2) is 42.5 Å². The number of ketones is 1. The first kappa shape index (κ1) is 37.9. The van der Waals surface area contributed by atoms with E-state index in [-0.39, 0.29) is 17.7 Å².